The average Bonchev–Trinajstić information content (AvgIpc) is 2.82. The van der Waals surface area contributed by atoms with Crippen LogP contribution in [0.5, 0.6) is 0 Å². The number of furan rings is 1. The Kier molecular flexibility index (Phi) is 3.55. The van der Waals surface area contributed by atoms with Crippen LogP contribution in [0, 0.1) is 18.3 Å². The largest absolute Gasteiger partial charge is 0.444 e. The van der Waals surface area contributed by atoms with E-state index < -0.39 is 0 Å². The van der Waals surface area contributed by atoms with Crippen molar-refractivity contribution in [1.29, 1.82) is 5.26 Å². The third-order valence-electron chi connectivity index (χ3n) is 3.47. The van der Waals surface area contributed by atoms with Gasteiger partial charge >= 0.3 is 0 Å². The number of benzene rings is 2. The fourth-order valence-corrected chi connectivity index (χ4v) is 2.55. The molecule has 3 rings (SSSR count). The maximum Gasteiger partial charge on any atom is 0.199 e. The highest BCUT2D eigenvalue weighted by Crippen LogP contribution is 2.30. The first-order chi connectivity index (χ1) is 10.2. The summed E-state index contributed by atoms with van der Waals surface area (Å²) in [6, 6.07) is 15.5. The zero-order valence-electron chi connectivity index (χ0n) is 11.5. The number of para-hydroxylation sites is 1. The summed E-state index contributed by atoms with van der Waals surface area (Å²) in [6.07, 6.45) is 0. The van der Waals surface area contributed by atoms with Gasteiger partial charge in [0.05, 0.1) is 11.6 Å². The number of fused-ring (bicyclic) bond motifs is 1. The number of anilines is 1. The highest BCUT2D eigenvalue weighted by Gasteiger charge is 2.12. The van der Waals surface area contributed by atoms with E-state index >= 15 is 0 Å². The molecule has 104 valence electrons. The van der Waals surface area contributed by atoms with Gasteiger partial charge in [-0.1, -0.05) is 24.3 Å². The topological polar surface area (TPSA) is 49.0 Å². The Hall–Kier alpha value is -2.44. The average molecular weight is 297 g/mol. The second kappa shape index (κ2) is 5.51. The van der Waals surface area contributed by atoms with Crippen LogP contribution < -0.4 is 5.32 Å². The standard InChI is InChI=1S/C17H13ClN2O/c1-11-6-7-12(9-19)8-15(11)20-10-14-13-4-2-3-5-16(13)21-17(14)18/h2-8,20H,10H2,1H3. The van der Waals surface area contributed by atoms with E-state index in [1.54, 1.807) is 6.07 Å². The first-order valence-electron chi connectivity index (χ1n) is 6.59. The van der Waals surface area contributed by atoms with E-state index in [0.717, 1.165) is 27.8 Å². The van der Waals surface area contributed by atoms with Crippen molar-refractivity contribution in [2.45, 2.75) is 13.5 Å². The van der Waals surface area contributed by atoms with Crippen molar-refractivity contribution in [2.75, 3.05) is 5.32 Å². The Bertz CT molecular complexity index is 846. The lowest BCUT2D eigenvalue weighted by molar-refractivity contribution is 0.613. The minimum atomic E-state index is 0.401. The molecule has 0 atom stereocenters. The van der Waals surface area contributed by atoms with E-state index in [2.05, 4.69) is 11.4 Å². The molecule has 0 radical (unpaired) electrons. The normalized spacial score (nSPS) is 10.5. The van der Waals surface area contributed by atoms with E-state index in [-0.39, 0.29) is 0 Å². The third kappa shape index (κ3) is 2.58. The summed E-state index contributed by atoms with van der Waals surface area (Å²) in [5, 5.41) is 13.7. The van der Waals surface area contributed by atoms with E-state index in [1.165, 1.54) is 0 Å². The predicted octanol–water partition coefficient (Wildman–Crippen LogP) is 4.88. The van der Waals surface area contributed by atoms with E-state index in [4.69, 9.17) is 21.3 Å². The third-order valence-corrected chi connectivity index (χ3v) is 3.78. The zero-order valence-corrected chi connectivity index (χ0v) is 12.2. The Morgan fingerprint density at radius 3 is 2.86 bits per heavy atom. The van der Waals surface area contributed by atoms with Gasteiger partial charge in [-0.3, -0.25) is 0 Å². The number of nitriles is 1. The molecule has 1 heterocycles. The van der Waals surface area contributed by atoms with Gasteiger partial charge in [0.1, 0.15) is 5.58 Å². The molecule has 1 aromatic heterocycles. The molecular formula is C17H13ClN2O. The van der Waals surface area contributed by atoms with Gasteiger partial charge in [0.15, 0.2) is 5.22 Å². The number of hydrogen-bond donors (Lipinski definition) is 1. The van der Waals surface area contributed by atoms with Gasteiger partial charge < -0.3 is 9.73 Å². The van der Waals surface area contributed by atoms with Crippen LogP contribution in [0.3, 0.4) is 0 Å². The van der Waals surface area contributed by atoms with Crippen molar-refractivity contribution >= 4 is 28.3 Å². The maximum absolute atomic E-state index is 8.98. The quantitative estimate of drug-likeness (QED) is 0.749. The lowest BCUT2D eigenvalue weighted by atomic mass is 10.1. The zero-order chi connectivity index (χ0) is 14.8. The van der Waals surface area contributed by atoms with Gasteiger partial charge in [0.2, 0.25) is 0 Å². The minimum Gasteiger partial charge on any atom is -0.444 e. The van der Waals surface area contributed by atoms with E-state index in [0.29, 0.717) is 17.3 Å². The molecule has 3 aromatic rings. The molecule has 0 spiro atoms. The summed E-state index contributed by atoms with van der Waals surface area (Å²) in [5.74, 6) is 0. The van der Waals surface area contributed by atoms with Crippen molar-refractivity contribution in [3.05, 3.63) is 64.4 Å². The SMILES string of the molecule is Cc1ccc(C#N)cc1NCc1c(Cl)oc2ccccc12. The van der Waals surface area contributed by atoms with Crippen molar-refractivity contribution in [1.82, 2.24) is 0 Å². The molecule has 0 fully saturated rings. The number of rotatable bonds is 3. The number of hydrogen-bond acceptors (Lipinski definition) is 3. The molecule has 4 heteroatoms. The Balaban J connectivity index is 1.90. The van der Waals surface area contributed by atoms with Crippen LogP contribution in [0.2, 0.25) is 5.22 Å². The highest BCUT2D eigenvalue weighted by molar-refractivity contribution is 6.30. The van der Waals surface area contributed by atoms with Crippen LogP contribution in [0.25, 0.3) is 11.0 Å². The number of nitrogens with zero attached hydrogens (tertiary/aromatic N) is 1. The number of aryl methyl sites for hydroxylation is 1. The molecule has 0 amide bonds. The number of halogens is 1. The Morgan fingerprint density at radius 2 is 2.05 bits per heavy atom. The monoisotopic (exact) mass is 296 g/mol. The summed E-state index contributed by atoms with van der Waals surface area (Å²) in [6.45, 7) is 2.55. The lowest BCUT2D eigenvalue weighted by Crippen LogP contribution is -2.01. The molecule has 1 N–H and O–H groups in total. The van der Waals surface area contributed by atoms with Gasteiger partial charge in [0.25, 0.3) is 0 Å². The Morgan fingerprint density at radius 1 is 1.24 bits per heavy atom. The molecule has 0 saturated carbocycles. The molecule has 2 aromatic carbocycles. The second-order valence-corrected chi connectivity index (χ2v) is 5.19. The summed E-state index contributed by atoms with van der Waals surface area (Å²) >= 11 is 6.17. The molecular weight excluding hydrogens is 284 g/mol. The van der Waals surface area contributed by atoms with Gasteiger partial charge in [-0.05, 0) is 42.3 Å². The molecule has 0 unspecified atom stereocenters. The van der Waals surface area contributed by atoms with Crippen molar-refractivity contribution in [3.8, 4) is 6.07 Å². The van der Waals surface area contributed by atoms with Crippen molar-refractivity contribution < 1.29 is 4.42 Å². The van der Waals surface area contributed by atoms with Gasteiger partial charge in [-0.25, -0.2) is 0 Å². The number of nitrogens with one attached hydrogen (secondary N) is 1. The van der Waals surface area contributed by atoms with Crippen LogP contribution in [0.15, 0.2) is 46.9 Å². The fourth-order valence-electron chi connectivity index (χ4n) is 2.30. The Labute approximate surface area is 127 Å². The highest BCUT2D eigenvalue weighted by atomic mass is 35.5. The molecule has 0 saturated heterocycles. The van der Waals surface area contributed by atoms with E-state index in [9.17, 15) is 0 Å². The lowest BCUT2D eigenvalue weighted by Gasteiger charge is -2.09. The fraction of sp³-hybridized carbons (Fsp3) is 0.118. The summed E-state index contributed by atoms with van der Waals surface area (Å²) < 4.78 is 5.54. The molecule has 3 nitrogen and oxygen atoms in total. The van der Waals surface area contributed by atoms with Crippen LogP contribution in [-0.4, -0.2) is 0 Å². The molecule has 0 aliphatic rings. The van der Waals surface area contributed by atoms with Crippen LogP contribution in [0.4, 0.5) is 5.69 Å². The van der Waals surface area contributed by atoms with Crippen LogP contribution in [-0.2, 0) is 6.54 Å². The molecule has 21 heavy (non-hydrogen) atoms. The molecule has 0 bridgehead atoms. The predicted molar refractivity (Wildman–Crippen MR) is 84.4 cm³/mol. The van der Waals surface area contributed by atoms with Gasteiger partial charge in [-0.15, -0.1) is 0 Å². The first kappa shape index (κ1) is 13.5. The van der Waals surface area contributed by atoms with Crippen molar-refractivity contribution in [2.24, 2.45) is 0 Å². The van der Waals surface area contributed by atoms with Crippen LogP contribution >= 0.6 is 11.6 Å². The molecule has 0 aliphatic carbocycles. The minimum absolute atomic E-state index is 0.401. The smallest absolute Gasteiger partial charge is 0.199 e. The molecule has 0 aliphatic heterocycles. The first-order valence-corrected chi connectivity index (χ1v) is 6.97. The summed E-state index contributed by atoms with van der Waals surface area (Å²) in [4.78, 5) is 0. The van der Waals surface area contributed by atoms with Crippen molar-refractivity contribution in [3.63, 3.8) is 0 Å². The van der Waals surface area contributed by atoms with Gasteiger partial charge in [-0.2, -0.15) is 5.26 Å². The maximum atomic E-state index is 8.98. The van der Waals surface area contributed by atoms with E-state index in [1.807, 2.05) is 43.3 Å². The summed E-state index contributed by atoms with van der Waals surface area (Å²) in [7, 11) is 0. The second-order valence-electron chi connectivity index (χ2n) is 4.85. The van der Waals surface area contributed by atoms with Crippen LogP contribution in [0.1, 0.15) is 16.7 Å². The van der Waals surface area contributed by atoms with Gasteiger partial charge in [0, 0.05) is 23.2 Å². The summed E-state index contributed by atoms with van der Waals surface area (Å²) in [5.41, 5.74) is 4.34.